The Morgan fingerprint density at radius 2 is 1.32 bits per heavy atom. The standard InChI is InChI=1S/C27H58O6Si4/c1-19(30-34(4,5)6)16-23-27(33-37(13,14)15)26(32-36(10,11)12)22(18-28-23)17-24-25(29-24)20(2)21(3)31-35(7,8)9/h20-27H,1,16-18H2,2-15H3/t20-,21-,22-,23-,24-,25-,26+,27-/m0/s1. The van der Waals surface area contributed by atoms with E-state index in [9.17, 15) is 0 Å². The Morgan fingerprint density at radius 1 is 0.784 bits per heavy atom. The second-order valence-corrected chi connectivity index (χ2v) is 33.0. The lowest BCUT2D eigenvalue weighted by molar-refractivity contribution is -0.154. The quantitative estimate of drug-likeness (QED) is 0.121. The van der Waals surface area contributed by atoms with Crippen molar-refractivity contribution in [1.29, 1.82) is 0 Å². The normalized spacial score (nSPS) is 31.1. The number of epoxide rings is 1. The van der Waals surface area contributed by atoms with Gasteiger partial charge >= 0.3 is 0 Å². The van der Waals surface area contributed by atoms with Crippen molar-refractivity contribution < 1.29 is 27.2 Å². The summed E-state index contributed by atoms with van der Waals surface area (Å²) >= 11 is 0. The highest BCUT2D eigenvalue weighted by Crippen LogP contribution is 2.41. The summed E-state index contributed by atoms with van der Waals surface area (Å²) in [6, 6.07) is 0. The first-order valence-corrected chi connectivity index (χ1v) is 27.9. The summed E-state index contributed by atoms with van der Waals surface area (Å²) in [4.78, 5) is 0. The molecule has 0 aromatic rings. The van der Waals surface area contributed by atoms with Gasteiger partial charge in [-0.05, 0) is 91.9 Å². The van der Waals surface area contributed by atoms with E-state index >= 15 is 0 Å². The lowest BCUT2D eigenvalue weighted by Gasteiger charge is -2.47. The Morgan fingerprint density at radius 3 is 1.81 bits per heavy atom. The lowest BCUT2D eigenvalue weighted by atomic mass is 9.86. The molecule has 0 aromatic heterocycles. The summed E-state index contributed by atoms with van der Waals surface area (Å²) in [5.74, 6) is 1.39. The van der Waals surface area contributed by atoms with Crippen LogP contribution in [-0.2, 0) is 27.2 Å². The van der Waals surface area contributed by atoms with E-state index in [4.69, 9.17) is 27.2 Å². The predicted octanol–water partition coefficient (Wildman–Crippen LogP) is 7.23. The van der Waals surface area contributed by atoms with E-state index in [1.54, 1.807) is 0 Å². The third-order valence-corrected chi connectivity index (χ3v) is 10.4. The van der Waals surface area contributed by atoms with E-state index in [1.165, 1.54) is 0 Å². The van der Waals surface area contributed by atoms with E-state index in [0.717, 1.165) is 12.2 Å². The van der Waals surface area contributed by atoms with Gasteiger partial charge < -0.3 is 27.2 Å². The number of ether oxygens (including phenoxy) is 2. The molecule has 0 saturated carbocycles. The first-order chi connectivity index (χ1) is 16.5. The van der Waals surface area contributed by atoms with Gasteiger partial charge in [0, 0.05) is 24.4 Å². The zero-order valence-electron chi connectivity index (χ0n) is 26.4. The molecule has 0 N–H and O–H groups in total. The van der Waals surface area contributed by atoms with E-state index < -0.39 is 33.3 Å². The highest BCUT2D eigenvalue weighted by atomic mass is 28.4. The molecule has 2 fully saturated rings. The van der Waals surface area contributed by atoms with Crippen LogP contribution in [0.3, 0.4) is 0 Å². The SMILES string of the molecule is C=C(C[C@@H]1OC[C@H](C[C@@H]2O[C@H]2[C@@H](C)[C@H](C)O[Si](C)(C)C)[C@@H](O[Si](C)(C)C)[C@H]1O[Si](C)(C)C)O[Si](C)(C)C. The van der Waals surface area contributed by atoms with E-state index in [0.29, 0.717) is 18.9 Å². The van der Waals surface area contributed by atoms with Gasteiger partial charge in [-0.3, -0.25) is 0 Å². The topological polar surface area (TPSA) is 58.7 Å². The maximum atomic E-state index is 6.92. The molecule has 2 aliphatic rings. The second-order valence-electron chi connectivity index (χ2n) is 15.1. The van der Waals surface area contributed by atoms with Crippen molar-refractivity contribution in [1.82, 2.24) is 0 Å². The molecule has 0 bridgehead atoms. The second kappa shape index (κ2) is 12.4. The zero-order chi connectivity index (χ0) is 28.6. The summed E-state index contributed by atoms with van der Waals surface area (Å²) in [7, 11) is -7.05. The molecule has 37 heavy (non-hydrogen) atoms. The minimum absolute atomic E-state index is 0.0207. The summed E-state index contributed by atoms with van der Waals surface area (Å²) in [5, 5.41) is 0. The van der Waals surface area contributed by atoms with Gasteiger partial charge in [-0.2, -0.15) is 0 Å². The Hall–Kier alpha value is 0.208. The van der Waals surface area contributed by atoms with Crippen LogP contribution >= 0.6 is 0 Å². The van der Waals surface area contributed by atoms with Crippen LogP contribution in [0.5, 0.6) is 0 Å². The minimum atomic E-state index is -1.87. The smallest absolute Gasteiger partial charge is 0.241 e. The largest absolute Gasteiger partial charge is 0.548 e. The van der Waals surface area contributed by atoms with E-state index in [2.05, 4.69) is 99.0 Å². The fourth-order valence-corrected chi connectivity index (χ4v) is 9.68. The monoisotopic (exact) mass is 590 g/mol. The molecule has 10 heteroatoms. The van der Waals surface area contributed by atoms with Crippen molar-refractivity contribution in [3.63, 3.8) is 0 Å². The van der Waals surface area contributed by atoms with E-state index in [-0.39, 0.29) is 42.5 Å². The highest BCUT2D eigenvalue weighted by molar-refractivity contribution is 6.71. The van der Waals surface area contributed by atoms with Crippen LogP contribution in [0.4, 0.5) is 0 Å². The summed E-state index contributed by atoms with van der Waals surface area (Å²) in [6.07, 6.45) is 1.94. The van der Waals surface area contributed by atoms with Crippen LogP contribution in [0.2, 0.25) is 78.6 Å². The maximum Gasteiger partial charge on any atom is 0.241 e. The minimum Gasteiger partial charge on any atom is -0.548 e. The van der Waals surface area contributed by atoms with Gasteiger partial charge in [-0.1, -0.05) is 13.5 Å². The van der Waals surface area contributed by atoms with Crippen molar-refractivity contribution in [2.24, 2.45) is 11.8 Å². The molecule has 8 atom stereocenters. The van der Waals surface area contributed by atoms with Crippen molar-refractivity contribution in [2.45, 2.75) is 142 Å². The molecule has 0 amide bonds. The van der Waals surface area contributed by atoms with Gasteiger partial charge in [0.05, 0.1) is 42.9 Å². The van der Waals surface area contributed by atoms with Gasteiger partial charge in [0.2, 0.25) is 8.32 Å². The fourth-order valence-electron chi connectivity index (χ4n) is 5.15. The average Bonchev–Trinajstić information content (AvgIpc) is 3.39. The molecule has 2 rings (SSSR count). The van der Waals surface area contributed by atoms with Crippen molar-refractivity contribution >= 4 is 33.3 Å². The van der Waals surface area contributed by atoms with Crippen molar-refractivity contribution in [2.75, 3.05) is 6.61 Å². The van der Waals surface area contributed by atoms with Crippen LogP contribution in [0.25, 0.3) is 0 Å². The summed E-state index contributed by atoms with van der Waals surface area (Å²) in [5.41, 5.74) is 0. The van der Waals surface area contributed by atoms with Gasteiger partial charge in [0.15, 0.2) is 25.0 Å². The fraction of sp³-hybridized carbons (Fsp3) is 0.926. The number of hydrogen-bond acceptors (Lipinski definition) is 6. The van der Waals surface area contributed by atoms with Crippen LogP contribution in [0, 0.1) is 11.8 Å². The van der Waals surface area contributed by atoms with Crippen LogP contribution < -0.4 is 0 Å². The Labute approximate surface area is 232 Å². The molecule has 0 spiro atoms. The third-order valence-electron chi connectivity index (χ3n) is 6.49. The molecule has 0 aromatic carbocycles. The van der Waals surface area contributed by atoms with Crippen molar-refractivity contribution in [3.05, 3.63) is 12.3 Å². The van der Waals surface area contributed by atoms with Crippen LogP contribution in [0.15, 0.2) is 12.3 Å². The first kappa shape index (κ1) is 33.4. The molecule has 0 aliphatic carbocycles. The van der Waals surface area contributed by atoms with Crippen molar-refractivity contribution in [3.8, 4) is 0 Å². The predicted molar refractivity (Wildman–Crippen MR) is 164 cm³/mol. The van der Waals surface area contributed by atoms with Gasteiger partial charge in [-0.25, -0.2) is 0 Å². The molecule has 6 nitrogen and oxygen atoms in total. The summed E-state index contributed by atoms with van der Waals surface area (Å²) < 4.78 is 39.1. The molecular weight excluding hydrogens is 533 g/mol. The average molecular weight is 591 g/mol. The molecule has 0 radical (unpaired) electrons. The highest BCUT2D eigenvalue weighted by Gasteiger charge is 2.51. The molecule has 2 aliphatic heterocycles. The lowest BCUT2D eigenvalue weighted by Crippen LogP contribution is -2.58. The van der Waals surface area contributed by atoms with E-state index in [1.807, 2.05) is 0 Å². The van der Waals surface area contributed by atoms with Gasteiger partial charge in [-0.15, -0.1) is 0 Å². The first-order valence-electron chi connectivity index (χ1n) is 14.2. The van der Waals surface area contributed by atoms with Gasteiger partial charge in [0.1, 0.15) is 0 Å². The maximum absolute atomic E-state index is 6.92. The Kier molecular flexibility index (Phi) is 11.2. The molecule has 2 heterocycles. The molecule has 218 valence electrons. The van der Waals surface area contributed by atoms with Crippen LogP contribution in [0.1, 0.15) is 26.7 Å². The molecule has 2 saturated heterocycles. The zero-order valence-corrected chi connectivity index (χ0v) is 30.4. The number of hydrogen-bond donors (Lipinski definition) is 0. The molecular formula is C27H58O6Si4. The van der Waals surface area contributed by atoms with Gasteiger partial charge in [0.25, 0.3) is 0 Å². The van der Waals surface area contributed by atoms with Crippen LogP contribution in [-0.4, -0.2) is 76.5 Å². The Balaban J connectivity index is 2.19. The Bertz CT molecular complexity index is 752. The number of rotatable bonds is 14. The molecule has 0 unspecified atom stereocenters. The summed E-state index contributed by atoms with van der Waals surface area (Å²) in [6.45, 7) is 36.2. The third kappa shape index (κ3) is 12.1.